The SMILES string of the molecule is Cc1cccc(CCN2C(=O)CCc3c(C)nc(C4CCCN(S(C)(=O)=O)C4)nc32)c1. The van der Waals surface area contributed by atoms with Crippen molar-refractivity contribution in [2.75, 3.05) is 30.8 Å². The van der Waals surface area contributed by atoms with Gasteiger partial charge in [0.25, 0.3) is 0 Å². The molecule has 8 heteroatoms. The van der Waals surface area contributed by atoms with Crippen LogP contribution in [0.25, 0.3) is 0 Å². The van der Waals surface area contributed by atoms with Crippen molar-refractivity contribution in [3.05, 3.63) is 52.5 Å². The molecule has 1 aromatic heterocycles. The summed E-state index contributed by atoms with van der Waals surface area (Å²) in [5, 5.41) is 0. The molecule has 3 heterocycles. The summed E-state index contributed by atoms with van der Waals surface area (Å²) in [5.41, 5.74) is 4.32. The average Bonchev–Trinajstić information content (AvgIpc) is 2.72. The van der Waals surface area contributed by atoms with Gasteiger partial charge in [-0.2, -0.15) is 0 Å². The molecule has 1 fully saturated rings. The number of aryl methyl sites for hydroxylation is 2. The maximum absolute atomic E-state index is 12.8. The number of aromatic nitrogens is 2. The third kappa shape index (κ3) is 4.80. The Balaban J connectivity index is 1.62. The van der Waals surface area contributed by atoms with Gasteiger partial charge in [-0.25, -0.2) is 22.7 Å². The Hall–Kier alpha value is -2.32. The lowest BCUT2D eigenvalue weighted by atomic mass is 9.97. The van der Waals surface area contributed by atoms with Crippen LogP contribution in [0.1, 0.15) is 53.4 Å². The van der Waals surface area contributed by atoms with Crippen LogP contribution in [0, 0.1) is 13.8 Å². The van der Waals surface area contributed by atoms with E-state index in [1.54, 1.807) is 4.90 Å². The summed E-state index contributed by atoms with van der Waals surface area (Å²) < 4.78 is 25.6. The molecule has 1 amide bonds. The molecule has 2 aromatic rings. The van der Waals surface area contributed by atoms with Crippen molar-refractivity contribution in [3.8, 4) is 0 Å². The minimum absolute atomic E-state index is 0.0527. The molecule has 0 spiro atoms. The lowest BCUT2D eigenvalue weighted by molar-refractivity contribution is -0.118. The zero-order valence-electron chi connectivity index (χ0n) is 18.5. The third-order valence-corrected chi connectivity index (χ3v) is 7.55. The number of benzene rings is 1. The summed E-state index contributed by atoms with van der Waals surface area (Å²) in [4.78, 5) is 24.2. The highest BCUT2D eigenvalue weighted by molar-refractivity contribution is 7.88. The van der Waals surface area contributed by atoms with Crippen LogP contribution in [0.15, 0.2) is 24.3 Å². The van der Waals surface area contributed by atoms with Gasteiger partial charge in [0.2, 0.25) is 15.9 Å². The fraction of sp³-hybridized carbons (Fsp3) is 0.522. The number of rotatable bonds is 5. The number of carbonyl (C=O) groups excluding carboxylic acids is 1. The zero-order valence-corrected chi connectivity index (χ0v) is 19.3. The highest BCUT2D eigenvalue weighted by Crippen LogP contribution is 2.32. The fourth-order valence-electron chi connectivity index (χ4n) is 4.58. The number of hydrogen-bond donors (Lipinski definition) is 0. The Morgan fingerprint density at radius 2 is 1.97 bits per heavy atom. The van der Waals surface area contributed by atoms with Crippen LogP contribution in [0.5, 0.6) is 0 Å². The fourth-order valence-corrected chi connectivity index (χ4v) is 5.49. The van der Waals surface area contributed by atoms with Gasteiger partial charge < -0.3 is 0 Å². The molecular weight excluding hydrogens is 412 g/mol. The van der Waals surface area contributed by atoms with Crippen molar-refractivity contribution >= 4 is 21.7 Å². The Labute approximate surface area is 184 Å². The molecule has 7 nitrogen and oxygen atoms in total. The molecule has 1 saturated heterocycles. The third-order valence-electron chi connectivity index (χ3n) is 6.28. The van der Waals surface area contributed by atoms with Crippen LogP contribution in [0.2, 0.25) is 0 Å². The maximum Gasteiger partial charge on any atom is 0.228 e. The first kappa shape index (κ1) is 21.9. The van der Waals surface area contributed by atoms with Gasteiger partial charge in [0.1, 0.15) is 11.6 Å². The number of anilines is 1. The Morgan fingerprint density at radius 3 is 2.71 bits per heavy atom. The van der Waals surface area contributed by atoms with Crippen LogP contribution in [0.4, 0.5) is 5.82 Å². The minimum atomic E-state index is -3.24. The van der Waals surface area contributed by atoms with Gasteiger partial charge in [0.15, 0.2) is 0 Å². The van der Waals surface area contributed by atoms with Crippen molar-refractivity contribution in [2.24, 2.45) is 0 Å². The topological polar surface area (TPSA) is 83.5 Å². The molecule has 0 aliphatic carbocycles. The Kier molecular flexibility index (Phi) is 6.12. The average molecular weight is 443 g/mol. The van der Waals surface area contributed by atoms with Crippen LogP contribution in [0.3, 0.4) is 0 Å². The van der Waals surface area contributed by atoms with Gasteiger partial charge in [-0.15, -0.1) is 0 Å². The summed E-state index contributed by atoms with van der Waals surface area (Å²) in [6, 6.07) is 8.34. The van der Waals surface area contributed by atoms with Crippen molar-refractivity contribution in [1.82, 2.24) is 14.3 Å². The number of hydrogen-bond acceptors (Lipinski definition) is 5. The van der Waals surface area contributed by atoms with E-state index in [0.717, 1.165) is 30.5 Å². The standard InChI is InChI=1S/C23H30N4O3S/c1-16-6-4-7-18(14-16)11-13-27-21(28)10-9-20-17(2)24-22(25-23(20)27)19-8-5-12-26(15-19)31(3,29)30/h4,6-7,14,19H,5,8-13,15H2,1-3H3. The summed E-state index contributed by atoms with van der Waals surface area (Å²) in [5.74, 6) is 1.40. The second-order valence-corrected chi connectivity index (χ2v) is 10.7. The van der Waals surface area contributed by atoms with E-state index in [9.17, 15) is 13.2 Å². The van der Waals surface area contributed by atoms with Crippen LogP contribution < -0.4 is 4.90 Å². The van der Waals surface area contributed by atoms with E-state index in [1.807, 2.05) is 13.0 Å². The summed E-state index contributed by atoms with van der Waals surface area (Å²) >= 11 is 0. The van der Waals surface area contributed by atoms with Crippen molar-refractivity contribution < 1.29 is 13.2 Å². The Bertz CT molecular complexity index is 1100. The summed E-state index contributed by atoms with van der Waals surface area (Å²) in [7, 11) is -3.24. The molecule has 0 N–H and O–H groups in total. The molecule has 2 aliphatic heterocycles. The van der Waals surface area contributed by atoms with E-state index in [4.69, 9.17) is 9.97 Å². The van der Waals surface area contributed by atoms with Crippen LogP contribution in [-0.4, -0.2) is 54.5 Å². The first-order chi connectivity index (χ1) is 14.7. The second kappa shape index (κ2) is 8.67. The highest BCUT2D eigenvalue weighted by atomic mass is 32.2. The predicted molar refractivity (Wildman–Crippen MR) is 121 cm³/mol. The van der Waals surface area contributed by atoms with E-state index >= 15 is 0 Å². The number of amides is 1. The van der Waals surface area contributed by atoms with E-state index in [1.165, 1.54) is 21.7 Å². The van der Waals surface area contributed by atoms with Gasteiger partial charge in [-0.3, -0.25) is 9.69 Å². The monoisotopic (exact) mass is 442 g/mol. The number of fused-ring (bicyclic) bond motifs is 1. The molecule has 31 heavy (non-hydrogen) atoms. The molecule has 1 unspecified atom stereocenters. The van der Waals surface area contributed by atoms with Gasteiger partial charge in [-0.1, -0.05) is 29.8 Å². The van der Waals surface area contributed by atoms with Crippen molar-refractivity contribution in [2.45, 2.75) is 51.9 Å². The van der Waals surface area contributed by atoms with E-state index in [-0.39, 0.29) is 11.8 Å². The molecular formula is C23H30N4O3S. The zero-order chi connectivity index (χ0) is 22.2. The van der Waals surface area contributed by atoms with Crippen molar-refractivity contribution in [3.63, 3.8) is 0 Å². The van der Waals surface area contributed by atoms with Gasteiger partial charge >= 0.3 is 0 Å². The largest absolute Gasteiger partial charge is 0.296 e. The maximum atomic E-state index is 12.8. The smallest absolute Gasteiger partial charge is 0.228 e. The molecule has 1 aromatic carbocycles. The number of sulfonamides is 1. The quantitative estimate of drug-likeness (QED) is 0.711. The highest BCUT2D eigenvalue weighted by Gasteiger charge is 2.32. The van der Waals surface area contributed by atoms with Crippen LogP contribution >= 0.6 is 0 Å². The number of nitrogens with zero attached hydrogens (tertiary/aromatic N) is 4. The molecule has 0 bridgehead atoms. The van der Waals surface area contributed by atoms with E-state index in [2.05, 4.69) is 25.1 Å². The summed E-state index contributed by atoms with van der Waals surface area (Å²) in [6.45, 7) is 5.55. The lowest BCUT2D eigenvalue weighted by Crippen LogP contribution is -2.40. The molecule has 1 atom stereocenters. The minimum Gasteiger partial charge on any atom is -0.296 e. The number of carbonyl (C=O) groups is 1. The Morgan fingerprint density at radius 1 is 1.16 bits per heavy atom. The van der Waals surface area contributed by atoms with Gasteiger partial charge in [0.05, 0.1) is 6.26 Å². The molecule has 0 radical (unpaired) electrons. The molecule has 166 valence electrons. The normalized spacial score (nSPS) is 20.0. The molecule has 4 rings (SSSR count). The molecule has 0 saturated carbocycles. The van der Waals surface area contributed by atoms with Crippen molar-refractivity contribution in [1.29, 1.82) is 0 Å². The first-order valence-electron chi connectivity index (χ1n) is 10.9. The van der Waals surface area contributed by atoms with Gasteiger partial charge in [-0.05, 0) is 45.1 Å². The molecule has 2 aliphatic rings. The second-order valence-electron chi connectivity index (χ2n) is 8.71. The van der Waals surface area contributed by atoms with E-state index < -0.39 is 10.0 Å². The van der Waals surface area contributed by atoms with Gasteiger partial charge in [0, 0.05) is 43.2 Å². The number of piperidine rings is 1. The van der Waals surface area contributed by atoms with Crippen LogP contribution in [-0.2, 0) is 27.7 Å². The summed E-state index contributed by atoms with van der Waals surface area (Å²) in [6.07, 6.45) is 4.77. The van der Waals surface area contributed by atoms with E-state index in [0.29, 0.717) is 44.1 Å². The lowest BCUT2D eigenvalue weighted by Gasteiger charge is -2.33. The predicted octanol–water partition coefficient (Wildman–Crippen LogP) is 2.75. The first-order valence-corrected chi connectivity index (χ1v) is 12.8.